The van der Waals surface area contributed by atoms with Gasteiger partial charge in [0.2, 0.25) is 5.89 Å². The highest BCUT2D eigenvalue weighted by Crippen LogP contribution is 2.34. The molecule has 2 aromatic rings. The van der Waals surface area contributed by atoms with Gasteiger partial charge in [0.05, 0.1) is 5.69 Å². The molecule has 0 fully saturated rings. The van der Waals surface area contributed by atoms with Crippen molar-refractivity contribution in [3.05, 3.63) is 28.6 Å². The molecule has 0 aliphatic carbocycles. The Kier molecular flexibility index (Phi) is 4.94. The molecule has 0 saturated heterocycles. The summed E-state index contributed by atoms with van der Waals surface area (Å²) in [5.74, 6) is 0.152. The van der Waals surface area contributed by atoms with E-state index in [1.165, 1.54) is 12.1 Å². The van der Waals surface area contributed by atoms with Crippen molar-refractivity contribution in [3.8, 4) is 5.75 Å². The molecule has 1 aromatic carbocycles. The summed E-state index contributed by atoms with van der Waals surface area (Å²) >= 11 is 8.60. The summed E-state index contributed by atoms with van der Waals surface area (Å²) in [4.78, 5) is 0. The van der Waals surface area contributed by atoms with Crippen LogP contribution in [0.15, 0.2) is 27.1 Å². The van der Waals surface area contributed by atoms with Gasteiger partial charge in [0.25, 0.3) is 0 Å². The van der Waals surface area contributed by atoms with E-state index in [4.69, 9.17) is 16.0 Å². The summed E-state index contributed by atoms with van der Waals surface area (Å²) in [5.41, 5.74) is 0.0385. The molecule has 0 radical (unpaired) electrons. The summed E-state index contributed by atoms with van der Waals surface area (Å²) < 4.78 is 46.6. The third-order valence-electron chi connectivity index (χ3n) is 2.19. The second kappa shape index (κ2) is 6.52. The van der Waals surface area contributed by atoms with E-state index in [0.29, 0.717) is 16.8 Å². The first-order valence-electron chi connectivity index (χ1n) is 5.58. The van der Waals surface area contributed by atoms with Gasteiger partial charge in [-0.05, 0) is 18.2 Å². The number of nitrogens with one attached hydrogen (secondary N) is 1. The Morgan fingerprint density at radius 3 is 2.76 bits per heavy atom. The van der Waals surface area contributed by atoms with Gasteiger partial charge in [0.15, 0.2) is 5.75 Å². The molecule has 1 N–H and O–H groups in total. The maximum absolute atomic E-state index is 12.4. The van der Waals surface area contributed by atoms with Crippen molar-refractivity contribution in [2.45, 2.75) is 12.8 Å². The maximum Gasteiger partial charge on any atom is 0.573 e. The lowest BCUT2D eigenvalue weighted by molar-refractivity contribution is -0.274. The lowest BCUT2D eigenvalue weighted by Crippen LogP contribution is -2.18. The van der Waals surface area contributed by atoms with Crippen molar-refractivity contribution in [2.24, 2.45) is 0 Å². The van der Waals surface area contributed by atoms with Gasteiger partial charge in [0, 0.05) is 16.8 Å². The van der Waals surface area contributed by atoms with Gasteiger partial charge >= 0.3 is 12.4 Å². The van der Waals surface area contributed by atoms with Crippen LogP contribution in [0.2, 0.25) is 0 Å². The quantitative estimate of drug-likeness (QED) is 0.778. The minimum absolute atomic E-state index is 0.0385. The van der Waals surface area contributed by atoms with E-state index in [1.54, 1.807) is 6.07 Å². The number of nitrogens with zero attached hydrogens (tertiary/aromatic N) is 2. The third-order valence-corrected chi connectivity index (χ3v) is 2.87. The van der Waals surface area contributed by atoms with Crippen LogP contribution in [0, 0.1) is 0 Å². The maximum atomic E-state index is 12.4. The second-order valence-electron chi connectivity index (χ2n) is 3.75. The SMILES string of the molecule is FC(F)(F)Oc1cc(Br)ccc1Nc1nnc(CCCl)o1. The van der Waals surface area contributed by atoms with Crippen molar-refractivity contribution < 1.29 is 22.3 Å². The lowest BCUT2D eigenvalue weighted by atomic mass is 10.3. The van der Waals surface area contributed by atoms with Gasteiger partial charge in [0.1, 0.15) is 0 Å². The van der Waals surface area contributed by atoms with Crippen molar-refractivity contribution in [3.63, 3.8) is 0 Å². The molecule has 0 unspecified atom stereocenters. The molecule has 0 aliphatic heterocycles. The summed E-state index contributed by atoms with van der Waals surface area (Å²) in [5, 5.41) is 9.92. The molecule has 0 amide bonds. The van der Waals surface area contributed by atoms with Crippen LogP contribution in [-0.2, 0) is 6.42 Å². The van der Waals surface area contributed by atoms with Crippen molar-refractivity contribution >= 4 is 39.2 Å². The minimum atomic E-state index is -4.81. The molecule has 1 heterocycles. The van der Waals surface area contributed by atoms with Gasteiger partial charge in [-0.25, -0.2) is 0 Å². The van der Waals surface area contributed by atoms with E-state index >= 15 is 0 Å². The van der Waals surface area contributed by atoms with Crippen LogP contribution in [-0.4, -0.2) is 22.4 Å². The van der Waals surface area contributed by atoms with E-state index in [9.17, 15) is 13.2 Å². The first kappa shape index (κ1) is 15.9. The Bertz CT molecular complexity index is 621. The van der Waals surface area contributed by atoms with Crippen molar-refractivity contribution in [1.82, 2.24) is 10.2 Å². The molecule has 2 rings (SSSR count). The first-order chi connectivity index (χ1) is 9.87. The normalized spacial score (nSPS) is 11.5. The van der Waals surface area contributed by atoms with Crippen molar-refractivity contribution in [1.29, 1.82) is 0 Å². The van der Waals surface area contributed by atoms with Gasteiger partial charge < -0.3 is 14.5 Å². The zero-order chi connectivity index (χ0) is 15.5. The highest BCUT2D eigenvalue weighted by atomic mass is 79.9. The molecule has 0 spiro atoms. The standard InChI is InChI=1S/C11H8BrClF3N3O2/c12-6-1-2-7(8(5-6)21-11(14,15)16)17-10-19-18-9(20-10)3-4-13/h1-2,5H,3-4H2,(H,17,19). The molecule has 1 aromatic heterocycles. The van der Waals surface area contributed by atoms with E-state index in [2.05, 4.69) is 36.2 Å². The Morgan fingerprint density at radius 1 is 1.33 bits per heavy atom. The highest BCUT2D eigenvalue weighted by molar-refractivity contribution is 9.10. The number of benzene rings is 1. The third kappa shape index (κ3) is 4.78. The topological polar surface area (TPSA) is 60.2 Å². The minimum Gasteiger partial charge on any atom is -0.408 e. The van der Waals surface area contributed by atoms with Crippen LogP contribution in [0.25, 0.3) is 0 Å². The van der Waals surface area contributed by atoms with Crippen LogP contribution >= 0.6 is 27.5 Å². The van der Waals surface area contributed by atoms with Crippen LogP contribution in [0.5, 0.6) is 5.75 Å². The van der Waals surface area contributed by atoms with E-state index < -0.39 is 12.1 Å². The average molecular weight is 387 g/mol. The zero-order valence-electron chi connectivity index (χ0n) is 10.2. The first-order valence-corrected chi connectivity index (χ1v) is 6.91. The fourth-order valence-corrected chi connectivity index (χ4v) is 1.91. The van der Waals surface area contributed by atoms with E-state index in [0.717, 1.165) is 0 Å². The molecule has 0 saturated carbocycles. The largest absolute Gasteiger partial charge is 0.573 e. The average Bonchev–Trinajstić information content (AvgIpc) is 2.79. The second-order valence-corrected chi connectivity index (χ2v) is 5.05. The number of alkyl halides is 4. The number of aryl methyl sites for hydroxylation is 1. The van der Waals surface area contributed by atoms with Crippen LogP contribution in [0.3, 0.4) is 0 Å². The molecule has 21 heavy (non-hydrogen) atoms. The van der Waals surface area contributed by atoms with Crippen molar-refractivity contribution in [2.75, 3.05) is 11.2 Å². The Morgan fingerprint density at radius 2 is 2.10 bits per heavy atom. The number of anilines is 2. The number of aromatic nitrogens is 2. The molecule has 114 valence electrons. The molecule has 10 heteroatoms. The van der Waals surface area contributed by atoms with Gasteiger partial charge in [-0.15, -0.1) is 29.9 Å². The monoisotopic (exact) mass is 385 g/mol. The smallest absolute Gasteiger partial charge is 0.408 e. The summed E-state index contributed by atoms with van der Waals surface area (Å²) in [6.45, 7) is 0. The number of hydrogen-bond donors (Lipinski definition) is 1. The van der Waals surface area contributed by atoms with E-state index in [-0.39, 0.29) is 17.6 Å². The highest BCUT2D eigenvalue weighted by Gasteiger charge is 2.32. The molecular weight excluding hydrogens is 378 g/mol. The van der Waals surface area contributed by atoms with Crippen LogP contribution < -0.4 is 10.1 Å². The number of ether oxygens (including phenoxy) is 1. The number of rotatable bonds is 5. The zero-order valence-corrected chi connectivity index (χ0v) is 12.6. The molecular formula is C11H8BrClF3N3O2. The molecule has 0 aliphatic rings. The fourth-order valence-electron chi connectivity index (χ4n) is 1.41. The Hall–Kier alpha value is -1.48. The predicted molar refractivity (Wildman–Crippen MR) is 72.8 cm³/mol. The summed E-state index contributed by atoms with van der Waals surface area (Å²) in [6.07, 6.45) is -4.45. The predicted octanol–water partition coefficient (Wildman–Crippen LogP) is 4.26. The van der Waals surface area contributed by atoms with Gasteiger partial charge in [-0.3, -0.25) is 0 Å². The Labute approximate surface area is 130 Å². The summed E-state index contributed by atoms with van der Waals surface area (Å²) in [7, 11) is 0. The molecule has 0 atom stereocenters. The van der Waals surface area contributed by atoms with Crippen LogP contribution in [0.4, 0.5) is 24.9 Å². The number of halogens is 5. The van der Waals surface area contributed by atoms with Gasteiger partial charge in [-0.1, -0.05) is 21.0 Å². The van der Waals surface area contributed by atoms with Crippen LogP contribution in [0.1, 0.15) is 5.89 Å². The fraction of sp³-hybridized carbons (Fsp3) is 0.273. The van der Waals surface area contributed by atoms with Gasteiger partial charge in [-0.2, -0.15) is 0 Å². The van der Waals surface area contributed by atoms with E-state index in [1.807, 2.05) is 0 Å². The Balaban J connectivity index is 2.21. The number of hydrogen-bond acceptors (Lipinski definition) is 5. The molecule has 5 nitrogen and oxygen atoms in total. The summed E-state index contributed by atoms with van der Waals surface area (Å²) in [6, 6.07) is 4.05. The molecule has 0 bridgehead atoms. The lowest BCUT2D eigenvalue weighted by Gasteiger charge is -2.13.